The van der Waals surface area contributed by atoms with Crippen molar-refractivity contribution in [3.63, 3.8) is 0 Å². The summed E-state index contributed by atoms with van der Waals surface area (Å²) in [4.78, 5) is 16.4. The van der Waals surface area contributed by atoms with E-state index in [2.05, 4.69) is 20.9 Å². The molecule has 3 N–H and O–H groups in total. The van der Waals surface area contributed by atoms with Crippen LogP contribution in [0, 0.1) is 5.41 Å². The molecule has 6 nitrogen and oxygen atoms in total. The van der Waals surface area contributed by atoms with Gasteiger partial charge < -0.3 is 20.7 Å². The van der Waals surface area contributed by atoms with Gasteiger partial charge in [-0.1, -0.05) is 25.0 Å². The smallest absolute Gasteiger partial charge is 0.251 e. The molecule has 164 valence electrons. The third-order valence-corrected chi connectivity index (χ3v) is 5.49. The third-order valence-electron chi connectivity index (χ3n) is 5.49. The van der Waals surface area contributed by atoms with E-state index in [-0.39, 0.29) is 29.9 Å². The van der Waals surface area contributed by atoms with Crippen molar-refractivity contribution in [3.8, 4) is 0 Å². The number of ether oxygens (including phenoxy) is 1. The zero-order valence-electron chi connectivity index (χ0n) is 18.1. The van der Waals surface area contributed by atoms with Crippen molar-refractivity contribution >= 4 is 35.8 Å². The fourth-order valence-electron chi connectivity index (χ4n) is 3.84. The standard InChI is InChI=1S/C22H36N4O2.HI/c1-4-24-20(27)19-10-8-9-18(15-19)16-25-21(23-3)26-17-22(11-6-7-12-22)13-14-28-5-2;/h8-10,15H,4-7,11-14,16-17H2,1-3H3,(H,24,27)(H2,23,25,26);1H. The number of carbonyl (C=O) groups excluding carboxylic acids is 1. The van der Waals surface area contributed by atoms with Crippen molar-refractivity contribution in [1.29, 1.82) is 0 Å². The summed E-state index contributed by atoms with van der Waals surface area (Å²) in [6.45, 7) is 7.75. The van der Waals surface area contributed by atoms with Crippen molar-refractivity contribution in [2.24, 2.45) is 10.4 Å². The van der Waals surface area contributed by atoms with E-state index in [1.807, 2.05) is 38.1 Å². The summed E-state index contributed by atoms with van der Waals surface area (Å²) in [7, 11) is 1.79. The second kappa shape index (κ2) is 13.8. The monoisotopic (exact) mass is 516 g/mol. The first-order valence-corrected chi connectivity index (χ1v) is 10.5. The molecular formula is C22H37IN4O2. The van der Waals surface area contributed by atoms with Crippen LogP contribution < -0.4 is 16.0 Å². The molecule has 29 heavy (non-hydrogen) atoms. The van der Waals surface area contributed by atoms with Crippen molar-refractivity contribution in [2.75, 3.05) is 33.4 Å². The van der Waals surface area contributed by atoms with Crippen molar-refractivity contribution in [3.05, 3.63) is 35.4 Å². The minimum absolute atomic E-state index is 0. The number of halogens is 1. The fourth-order valence-corrected chi connectivity index (χ4v) is 3.84. The van der Waals surface area contributed by atoms with Crippen molar-refractivity contribution in [1.82, 2.24) is 16.0 Å². The number of rotatable bonds is 10. The van der Waals surface area contributed by atoms with Gasteiger partial charge in [0, 0.05) is 45.5 Å². The lowest BCUT2D eigenvalue weighted by Gasteiger charge is -2.30. The number of guanidine groups is 1. The molecule has 0 saturated heterocycles. The third kappa shape index (κ3) is 8.50. The van der Waals surface area contributed by atoms with Gasteiger partial charge in [-0.2, -0.15) is 0 Å². The lowest BCUT2D eigenvalue weighted by molar-refractivity contribution is 0.0955. The largest absolute Gasteiger partial charge is 0.382 e. The molecule has 1 fully saturated rings. The average Bonchev–Trinajstić information content (AvgIpc) is 3.18. The highest BCUT2D eigenvalue weighted by atomic mass is 127. The number of carbonyl (C=O) groups is 1. The maximum Gasteiger partial charge on any atom is 0.251 e. The van der Waals surface area contributed by atoms with E-state index in [1.165, 1.54) is 25.7 Å². The molecule has 0 heterocycles. The van der Waals surface area contributed by atoms with Gasteiger partial charge in [0.15, 0.2) is 5.96 Å². The molecule has 0 radical (unpaired) electrons. The Morgan fingerprint density at radius 3 is 2.59 bits per heavy atom. The molecule has 7 heteroatoms. The van der Waals surface area contributed by atoms with Gasteiger partial charge in [-0.15, -0.1) is 24.0 Å². The van der Waals surface area contributed by atoms with E-state index in [9.17, 15) is 4.79 Å². The molecule has 0 unspecified atom stereocenters. The van der Waals surface area contributed by atoms with Crippen molar-refractivity contribution in [2.45, 2.75) is 52.5 Å². The Hall–Kier alpha value is -1.35. The van der Waals surface area contributed by atoms with Gasteiger partial charge in [-0.25, -0.2) is 0 Å². The maximum atomic E-state index is 12.0. The van der Waals surface area contributed by atoms with Gasteiger partial charge >= 0.3 is 0 Å². The first-order valence-electron chi connectivity index (χ1n) is 10.5. The minimum Gasteiger partial charge on any atom is -0.382 e. The zero-order chi connectivity index (χ0) is 20.2. The van der Waals surface area contributed by atoms with Gasteiger partial charge in [0.2, 0.25) is 0 Å². The quantitative estimate of drug-likeness (QED) is 0.192. The molecule has 1 aliphatic carbocycles. The average molecular weight is 516 g/mol. The van der Waals surface area contributed by atoms with Crippen LogP contribution in [0.4, 0.5) is 0 Å². The summed E-state index contributed by atoms with van der Waals surface area (Å²) in [6.07, 6.45) is 6.19. The van der Waals surface area contributed by atoms with E-state index < -0.39 is 0 Å². The van der Waals surface area contributed by atoms with E-state index >= 15 is 0 Å². The Bertz CT molecular complexity index is 645. The molecule has 1 aromatic carbocycles. The molecule has 0 aromatic heterocycles. The number of amides is 1. The first kappa shape index (κ1) is 25.7. The molecule has 0 aliphatic heterocycles. The Balaban J connectivity index is 0.00000420. The molecule has 0 spiro atoms. The lowest BCUT2D eigenvalue weighted by Crippen LogP contribution is -2.43. The number of nitrogens with one attached hydrogen (secondary N) is 3. The second-order valence-corrected chi connectivity index (χ2v) is 7.49. The SMILES string of the molecule is CCNC(=O)c1cccc(CNC(=NC)NCC2(CCOCC)CCCC2)c1.I. The maximum absolute atomic E-state index is 12.0. The summed E-state index contributed by atoms with van der Waals surface area (Å²) in [5, 5.41) is 9.72. The van der Waals surface area contributed by atoms with Gasteiger partial charge in [-0.3, -0.25) is 9.79 Å². The fraction of sp³-hybridized carbons (Fsp3) is 0.636. The normalized spacial score (nSPS) is 15.5. The summed E-state index contributed by atoms with van der Waals surface area (Å²) >= 11 is 0. The van der Waals surface area contributed by atoms with Crippen LogP contribution in [-0.4, -0.2) is 45.2 Å². The highest BCUT2D eigenvalue weighted by Crippen LogP contribution is 2.40. The van der Waals surface area contributed by atoms with Crippen LogP contribution in [0.2, 0.25) is 0 Å². The van der Waals surface area contributed by atoms with Gasteiger partial charge in [-0.05, 0) is 56.2 Å². The first-order chi connectivity index (χ1) is 13.6. The van der Waals surface area contributed by atoms with Crippen LogP contribution in [0.1, 0.15) is 61.9 Å². The molecular weight excluding hydrogens is 479 g/mol. The van der Waals surface area contributed by atoms with Crippen LogP contribution in [0.25, 0.3) is 0 Å². The van der Waals surface area contributed by atoms with Crippen molar-refractivity contribution < 1.29 is 9.53 Å². The van der Waals surface area contributed by atoms with Crippen LogP contribution >= 0.6 is 24.0 Å². The number of hydrogen-bond acceptors (Lipinski definition) is 3. The van der Waals surface area contributed by atoms with Crippen LogP contribution in [0.5, 0.6) is 0 Å². The molecule has 0 bridgehead atoms. The van der Waals surface area contributed by atoms with E-state index in [0.29, 0.717) is 24.1 Å². The van der Waals surface area contributed by atoms with E-state index in [1.54, 1.807) is 7.05 Å². The molecule has 0 atom stereocenters. The minimum atomic E-state index is -0.0377. The van der Waals surface area contributed by atoms with E-state index in [4.69, 9.17) is 4.74 Å². The topological polar surface area (TPSA) is 74.8 Å². The lowest BCUT2D eigenvalue weighted by atomic mass is 9.83. The Labute approximate surface area is 192 Å². The van der Waals surface area contributed by atoms with Gasteiger partial charge in [0.05, 0.1) is 0 Å². The van der Waals surface area contributed by atoms with Crippen LogP contribution in [0.3, 0.4) is 0 Å². The Morgan fingerprint density at radius 2 is 1.93 bits per heavy atom. The highest BCUT2D eigenvalue weighted by molar-refractivity contribution is 14.0. The molecule has 2 rings (SSSR count). The van der Waals surface area contributed by atoms with Crippen LogP contribution in [-0.2, 0) is 11.3 Å². The summed E-state index contributed by atoms with van der Waals surface area (Å²) in [6, 6.07) is 7.69. The number of hydrogen-bond donors (Lipinski definition) is 3. The molecule has 1 saturated carbocycles. The van der Waals surface area contributed by atoms with Gasteiger partial charge in [0.1, 0.15) is 0 Å². The van der Waals surface area contributed by atoms with E-state index in [0.717, 1.165) is 37.7 Å². The summed E-state index contributed by atoms with van der Waals surface area (Å²) < 4.78 is 5.60. The zero-order valence-corrected chi connectivity index (χ0v) is 20.4. The predicted molar refractivity (Wildman–Crippen MR) is 130 cm³/mol. The Kier molecular flexibility index (Phi) is 12.2. The number of benzene rings is 1. The second-order valence-electron chi connectivity index (χ2n) is 7.49. The number of nitrogens with zero attached hydrogens (tertiary/aromatic N) is 1. The van der Waals surface area contributed by atoms with Crippen LogP contribution in [0.15, 0.2) is 29.3 Å². The van der Waals surface area contributed by atoms with Gasteiger partial charge in [0.25, 0.3) is 5.91 Å². The molecule has 1 aliphatic rings. The predicted octanol–water partition coefficient (Wildman–Crippen LogP) is 3.71. The highest BCUT2D eigenvalue weighted by Gasteiger charge is 2.33. The molecule has 1 aromatic rings. The summed E-state index contributed by atoms with van der Waals surface area (Å²) in [5.41, 5.74) is 2.05. The molecule has 1 amide bonds. The number of aliphatic imine (C=N–C) groups is 1. The Morgan fingerprint density at radius 1 is 1.17 bits per heavy atom. The summed E-state index contributed by atoms with van der Waals surface area (Å²) in [5.74, 6) is 0.760.